The summed E-state index contributed by atoms with van der Waals surface area (Å²) in [7, 11) is 0. The first-order valence-electron chi connectivity index (χ1n) is 18.4. The van der Waals surface area contributed by atoms with Crippen LogP contribution < -0.4 is 11.0 Å². The van der Waals surface area contributed by atoms with Crippen molar-refractivity contribution < 1.29 is 0 Å². The van der Waals surface area contributed by atoms with E-state index in [1.54, 1.807) is 6.20 Å². The van der Waals surface area contributed by atoms with Crippen LogP contribution in [0, 0.1) is 0 Å². The fraction of sp³-hybridized carbons (Fsp3) is 0.262. The second-order valence-electron chi connectivity index (χ2n) is 10.3. The monoisotopic (exact) mass is 677 g/mol. The predicted molar refractivity (Wildman–Crippen MR) is 214 cm³/mol. The normalized spacial score (nSPS) is 13.2. The molecule has 4 aliphatic rings. The highest BCUT2D eigenvalue weighted by Crippen LogP contribution is 2.40. The molecule has 6 aromatic rings. The Kier molecular flexibility index (Phi) is 11.6. The number of rotatable bonds is 0. The van der Waals surface area contributed by atoms with Crippen molar-refractivity contribution in [1.82, 2.24) is 14.1 Å². The second kappa shape index (κ2) is 16.3. The molecule has 0 aliphatic carbocycles. The lowest BCUT2D eigenvalue weighted by Gasteiger charge is -2.15. The van der Waals surface area contributed by atoms with Crippen molar-refractivity contribution in [1.29, 1.82) is 0 Å². The Hall–Kier alpha value is -5.83. The molecule has 3 aromatic heterocycles. The third-order valence-electron chi connectivity index (χ3n) is 8.06. The lowest BCUT2D eigenvalue weighted by Crippen LogP contribution is -2.33. The average Bonchev–Trinajstić information content (AvgIpc) is 3.94. The first-order chi connectivity index (χ1) is 25.3. The van der Waals surface area contributed by atoms with Crippen LogP contribution in [0.2, 0.25) is 0 Å². The highest BCUT2D eigenvalue weighted by atomic mass is 15.3. The number of nitrogens with zero attached hydrogens (tertiary/aromatic N) is 9. The van der Waals surface area contributed by atoms with Gasteiger partial charge < -0.3 is 0 Å². The van der Waals surface area contributed by atoms with Gasteiger partial charge in [-0.1, -0.05) is 142 Å². The molecule has 10 rings (SSSR count). The third kappa shape index (κ3) is 6.03. The van der Waals surface area contributed by atoms with Crippen LogP contribution in [0.3, 0.4) is 0 Å². The summed E-state index contributed by atoms with van der Waals surface area (Å²) in [5.41, 5.74) is 5.03. The quantitative estimate of drug-likeness (QED) is 0.157. The van der Waals surface area contributed by atoms with Gasteiger partial charge in [0.25, 0.3) is 0 Å². The van der Waals surface area contributed by atoms with Crippen molar-refractivity contribution in [3.63, 3.8) is 0 Å². The highest BCUT2D eigenvalue weighted by Gasteiger charge is 2.29. The van der Waals surface area contributed by atoms with Gasteiger partial charge in [-0.15, -0.1) is 0 Å². The number of fused-ring (bicyclic) bond motifs is 14. The largest absolute Gasteiger partial charge is 0.291 e. The molecule has 51 heavy (non-hydrogen) atoms. The molecule has 6 bridgehead atoms. The minimum absolute atomic E-state index is 0.488. The van der Waals surface area contributed by atoms with E-state index in [0.29, 0.717) is 35.7 Å². The minimum Gasteiger partial charge on any atom is -0.291 e. The molecule has 3 aromatic carbocycles. The molecule has 4 aliphatic heterocycles. The van der Waals surface area contributed by atoms with Crippen LogP contribution in [0.5, 0.6) is 0 Å². The van der Waals surface area contributed by atoms with Gasteiger partial charge in [0.05, 0.1) is 0 Å². The van der Waals surface area contributed by atoms with E-state index >= 15 is 0 Å². The molecule has 9 heteroatoms. The van der Waals surface area contributed by atoms with E-state index in [0.717, 1.165) is 60.8 Å². The molecule has 9 nitrogen and oxygen atoms in total. The van der Waals surface area contributed by atoms with E-state index in [9.17, 15) is 0 Å². The standard InChI is InChI=1S/C32H17N9.5C2H6/c1-2-9-18-17(8-1)25-34-26(18)37-29-19-10-3-5-12-21(19)31-39-32-22-13-6-4-11-20(22)30(41(32)16-40(29)31)38-27-23-14-7-15-33-24(23)28(35-25)36-27;5*1-2/h1-15H,16H2;5*1-2H3. The second-order valence-corrected chi connectivity index (χ2v) is 10.3. The molecule has 0 fully saturated rings. The van der Waals surface area contributed by atoms with Gasteiger partial charge in [0.15, 0.2) is 23.3 Å². The Bertz CT molecular complexity index is 2450. The zero-order chi connectivity index (χ0) is 36.7. The van der Waals surface area contributed by atoms with Crippen molar-refractivity contribution in [3.05, 3.63) is 124 Å². The zero-order valence-electron chi connectivity index (χ0n) is 31.4. The number of aromatic nitrogens is 3. The molecular weight excluding hydrogens is 631 g/mol. The van der Waals surface area contributed by atoms with Gasteiger partial charge in [0, 0.05) is 44.4 Å². The molecule has 0 unspecified atom stereocenters. The molecule has 0 spiro atoms. The Morgan fingerprint density at radius 3 is 1.43 bits per heavy atom. The first-order valence-corrected chi connectivity index (χ1v) is 18.4. The van der Waals surface area contributed by atoms with Crippen molar-refractivity contribution in [2.24, 2.45) is 30.0 Å². The Morgan fingerprint density at radius 1 is 0.392 bits per heavy atom. The number of benzene rings is 3. The topological polar surface area (TPSA) is 96.9 Å². The van der Waals surface area contributed by atoms with Crippen molar-refractivity contribution in [2.75, 3.05) is 0 Å². The molecule has 0 atom stereocenters. The third-order valence-corrected chi connectivity index (χ3v) is 8.06. The van der Waals surface area contributed by atoms with Gasteiger partial charge in [-0.2, -0.15) is 0 Å². The summed E-state index contributed by atoms with van der Waals surface area (Å²) in [5.74, 6) is 3.88. The van der Waals surface area contributed by atoms with E-state index in [4.69, 9.17) is 30.0 Å². The Morgan fingerprint density at radius 2 is 0.824 bits per heavy atom. The zero-order valence-corrected chi connectivity index (χ0v) is 31.4. The Balaban J connectivity index is 0.000000468. The molecule has 0 N–H and O–H groups in total. The summed E-state index contributed by atoms with van der Waals surface area (Å²) >= 11 is 0. The van der Waals surface area contributed by atoms with Gasteiger partial charge in [-0.25, -0.2) is 30.0 Å². The maximum atomic E-state index is 5.25. The maximum Gasteiger partial charge on any atom is 0.183 e. The van der Waals surface area contributed by atoms with E-state index in [-0.39, 0.29) is 0 Å². The van der Waals surface area contributed by atoms with Crippen molar-refractivity contribution in [2.45, 2.75) is 75.9 Å². The number of pyridine rings is 1. The maximum absolute atomic E-state index is 5.25. The molecule has 0 amide bonds. The van der Waals surface area contributed by atoms with Gasteiger partial charge in [-0.3, -0.25) is 14.1 Å². The fourth-order valence-corrected chi connectivity index (χ4v) is 6.23. The highest BCUT2D eigenvalue weighted by molar-refractivity contribution is 6.29. The first kappa shape index (κ1) is 36.5. The average molecular weight is 678 g/mol. The number of hydrogen-bond donors (Lipinski definition) is 0. The van der Waals surface area contributed by atoms with Crippen LogP contribution in [-0.4, -0.2) is 37.5 Å². The smallest absolute Gasteiger partial charge is 0.183 e. The molecule has 0 saturated carbocycles. The van der Waals surface area contributed by atoms with Gasteiger partial charge >= 0.3 is 0 Å². The van der Waals surface area contributed by atoms with Crippen LogP contribution >= 0.6 is 0 Å². The molecule has 0 radical (unpaired) electrons. The fourth-order valence-electron chi connectivity index (χ4n) is 6.23. The SMILES string of the molecule is CC.CC.CC.CC.CC.c1ccc2c(c1)C1=NC2=NC2=NC(=Nc3c4ccccc4c4n3Cn3c(c5ccccc5c3=N4)=N1)c1cccnc12. The van der Waals surface area contributed by atoms with Crippen LogP contribution in [0.4, 0.5) is 11.6 Å². The predicted octanol–water partition coefficient (Wildman–Crippen LogP) is 9.57. The van der Waals surface area contributed by atoms with Gasteiger partial charge in [0.1, 0.15) is 35.0 Å². The molecule has 7 heterocycles. The molecular formula is C42H47N9. The van der Waals surface area contributed by atoms with Gasteiger partial charge in [-0.05, 0) is 12.1 Å². The van der Waals surface area contributed by atoms with E-state index in [2.05, 4.69) is 38.4 Å². The minimum atomic E-state index is 0.488. The summed E-state index contributed by atoms with van der Waals surface area (Å²) in [4.78, 5) is 35.1. The number of aliphatic imine (C=N–C) groups is 4. The van der Waals surface area contributed by atoms with Crippen LogP contribution in [0.25, 0.3) is 21.5 Å². The van der Waals surface area contributed by atoms with Crippen LogP contribution in [0.1, 0.15) is 91.6 Å². The number of hydrogen-bond acceptors (Lipinski definition) is 7. The van der Waals surface area contributed by atoms with E-state index < -0.39 is 0 Å². The van der Waals surface area contributed by atoms with E-state index in [1.807, 2.05) is 130 Å². The summed E-state index contributed by atoms with van der Waals surface area (Å²) in [5, 5.41) is 4.12. The van der Waals surface area contributed by atoms with Gasteiger partial charge in [0.2, 0.25) is 0 Å². The number of amidine groups is 4. The lowest BCUT2D eigenvalue weighted by atomic mass is 10.1. The van der Waals surface area contributed by atoms with Crippen LogP contribution in [-0.2, 0) is 6.67 Å². The molecule has 260 valence electrons. The lowest BCUT2D eigenvalue weighted by molar-refractivity contribution is 0.561. The summed E-state index contributed by atoms with van der Waals surface area (Å²) in [6, 6.07) is 28.5. The molecule has 0 saturated heterocycles. The van der Waals surface area contributed by atoms with Crippen molar-refractivity contribution in [3.8, 4) is 0 Å². The van der Waals surface area contributed by atoms with Crippen molar-refractivity contribution >= 4 is 56.5 Å². The summed E-state index contributed by atoms with van der Waals surface area (Å²) in [6.07, 6.45) is 1.76. The summed E-state index contributed by atoms with van der Waals surface area (Å²) < 4.78 is 4.31. The van der Waals surface area contributed by atoms with Crippen LogP contribution in [0.15, 0.2) is 121 Å². The Labute approximate surface area is 300 Å². The van der Waals surface area contributed by atoms with E-state index in [1.165, 1.54) is 0 Å². The summed E-state index contributed by atoms with van der Waals surface area (Å²) in [6.45, 7) is 20.5.